The van der Waals surface area contributed by atoms with Gasteiger partial charge in [0.15, 0.2) is 5.78 Å². The Hall–Kier alpha value is -2.33. The molecule has 3 aromatic rings. The maximum Gasteiger partial charge on any atom is 0.164 e. The van der Waals surface area contributed by atoms with Crippen LogP contribution in [-0.4, -0.2) is 12.9 Å². The van der Waals surface area contributed by atoms with Crippen molar-refractivity contribution >= 4 is 44.8 Å². The molecule has 3 rings (SSSR count). The number of ether oxygens (including phenoxy) is 1. The minimum atomic E-state index is -0.0174. The first-order valence-corrected chi connectivity index (χ1v) is 7.93. The van der Waals surface area contributed by atoms with Gasteiger partial charge in [0.05, 0.1) is 12.7 Å². The molecule has 0 N–H and O–H groups in total. The lowest BCUT2D eigenvalue weighted by Gasteiger charge is -1.99. The van der Waals surface area contributed by atoms with Gasteiger partial charge in [0, 0.05) is 9.86 Å². The largest absolute Gasteiger partial charge is 0.497 e. The van der Waals surface area contributed by atoms with Gasteiger partial charge in [-0.2, -0.15) is 0 Å². The van der Waals surface area contributed by atoms with Crippen molar-refractivity contribution in [3.8, 4) is 5.75 Å². The van der Waals surface area contributed by atoms with Crippen LogP contribution in [-0.2, 0) is 0 Å². The van der Waals surface area contributed by atoms with Crippen LogP contribution in [0.1, 0.15) is 28.6 Å². The van der Waals surface area contributed by atoms with Crippen LogP contribution in [0.25, 0.3) is 23.1 Å². The number of furan rings is 1. The van der Waals surface area contributed by atoms with E-state index in [0.717, 1.165) is 21.2 Å². The molecule has 1 heterocycles. The fourth-order valence-electron chi connectivity index (χ4n) is 2.46. The number of rotatable bonds is 4. The lowest BCUT2D eigenvalue weighted by molar-refractivity contribution is 0.101. The molecular weight excluding hydrogens is 356 g/mol. The molecule has 0 aliphatic carbocycles. The fourth-order valence-corrected chi connectivity index (χ4v) is 2.82. The second kappa shape index (κ2) is 6.42. The Morgan fingerprint density at radius 3 is 2.52 bits per heavy atom. The zero-order valence-corrected chi connectivity index (χ0v) is 14.4. The number of hydrogen-bond donors (Lipinski definition) is 0. The smallest absolute Gasteiger partial charge is 0.164 e. The van der Waals surface area contributed by atoms with Crippen molar-refractivity contribution in [1.82, 2.24) is 0 Å². The van der Waals surface area contributed by atoms with E-state index < -0.39 is 0 Å². The number of Topliss-reactive ketones (excluding diaryl/α,β-unsaturated/α-hetero) is 1. The number of ketones is 1. The van der Waals surface area contributed by atoms with E-state index in [0.29, 0.717) is 16.9 Å². The molecule has 23 heavy (non-hydrogen) atoms. The Kier molecular flexibility index (Phi) is 4.35. The summed E-state index contributed by atoms with van der Waals surface area (Å²) in [5.41, 5.74) is 2.31. The van der Waals surface area contributed by atoms with E-state index in [-0.39, 0.29) is 5.78 Å². The molecular formula is C19H15BrO3. The van der Waals surface area contributed by atoms with Gasteiger partial charge in [-0.15, -0.1) is 0 Å². The molecule has 0 atom stereocenters. The number of carbonyl (C=O) groups is 1. The topological polar surface area (TPSA) is 39.4 Å². The number of methoxy groups -OCH3 is 1. The Balaban J connectivity index is 2.03. The van der Waals surface area contributed by atoms with E-state index >= 15 is 0 Å². The van der Waals surface area contributed by atoms with Gasteiger partial charge in [0.1, 0.15) is 17.1 Å². The molecule has 3 nitrogen and oxygen atoms in total. The first-order chi connectivity index (χ1) is 11.1. The van der Waals surface area contributed by atoms with E-state index in [1.807, 2.05) is 54.6 Å². The van der Waals surface area contributed by atoms with Gasteiger partial charge < -0.3 is 9.15 Å². The molecule has 0 saturated carbocycles. The predicted octanol–water partition coefficient (Wildman–Crippen LogP) is 5.58. The highest BCUT2D eigenvalue weighted by Crippen LogP contribution is 2.30. The van der Waals surface area contributed by atoms with Gasteiger partial charge in [0.25, 0.3) is 0 Å². The van der Waals surface area contributed by atoms with Crippen LogP contribution in [0.5, 0.6) is 5.75 Å². The van der Waals surface area contributed by atoms with E-state index in [2.05, 4.69) is 15.9 Å². The summed E-state index contributed by atoms with van der Waals surface area (Å²) < 4.78 is 11.9. The van der Waals surface area contributed by atoms with E-state index in [4.69, 9.17) is 9.15 Å². The average molecular weight is 371 g/mol. The second-order valence-corrected chi connectivity index (χ2v) is 6.06. The van der Waals surface area contributed by atoms with Gasteiger partial charge in [-0.25, -0.2) is 0 Å². The molecule has 4 heteroatoms. The van der Waals surface area contributed by atoms with Crippen molar-refractivity contribution in [1.29, 1.82) is 0 Å². The fraction of sp³-hybridized carbons (Fsp3) is 0.105. The summed E-state index contributed by atoms with van der Waals surface area (Å²) >= 11 is 3.43. The Morgan fingerprint density at radius 2 is 1.87 bits per heavy atom. The molecule has 0 unspecified atom stereocenters. The Morgan fingerprint density at radius 1 is 1.13 bits per heavy atom. The molecule has 0 spiro atoms. The lowest BCUT2D eigenvalue weighted by atomic mass is 10.1. The highest BCUT2D eigenvalue weighted by atomic mass is 79.9. The zero-order chi connectivity index (χ0) is 16.4. The molecule has 1 aromatic heterocycles. The predicted molar refractivity (Wildman–Crippen MR) is 95.8 cm³/mol. The molecule has 0 amide bonds. The lowest BCUT2D eigenvalue weighted by Crippen LogP contribution is -1.92. The van der Waals surface area contributed by atoms with Crippen LogP contribution in [0.15, 0.2) is 51.4 Å². The SMILES string of the molecule is COc1ccc(/C=C/c2oc3ccc(Br)cc3c2C(C)=O)cc1. The molecule has 0 saturated heterocycles. The van der Waals surface area contributed by atoms with Crippen molar-refractivity contribution in [3.05, 3.63) is 63.8 Å². The zero-order valence-electron chi connectivity index (χ0n) is 12.8. The van der Waals surface area contributed by atoms with Crippen molar-refractivity contribution in [3.63, 3.8) is 0 Å². The van der Waals surface area contributed by atoms with E-state index in [1.165, 1.54) is 0 Å². The maximum atomic E-state index is 12.0. The number of benzene rings is 2. The summed E-state index contributed by atoms with van der Waals surface area (Å²) in [6, 6.07) is 13.3. The highest BCUT2D eigenvalue weighted by molar-refractivity contribution is 9.10. The van der Waals surface area contributed by atoms with Gasteiger partial charge in [-0.05, 0) is 48.9 Å². The minimum Gasteiger partial charge on any atom is -0.497 e. The summed E-state index contributed by atoms with van der Waals surface area (Å²) in [7, 11) is 1.64. The van der Waals surface area contributed by atoms with Crippen molar-refractivity contribution in [2.45, 2.75) is 6.92 Å². The Labute approximate surface area is 142 Å². The molecule has 0 aliphatic rings. The van der Waals surface area contributed by atoms with Crippen molar-refractivity contribution < 1.29 is 13.9 Å². The van der Waals surface area contributed by atoms with E-state index in [9.17, 15) is 4.79 Å². The number of fused-ring (bicyclic) bond motifs is 1. The average Bonchev–Trinajstić information content (AvgIpc) is 2.91. The normalized spacial score (nSPS) is 11.3. The minimum absolute atomic E-state index is 0.0174. The third-order valence-corrected chi connectivity index (χ3v) is 4.07. The molecule has 0 aliphatic heterocycles. The number of hydrogen-bond acceptors (Lipinski definition) is 3. The summed E-state index contributed by atoms with van der Waals surface area (Å²) in [5.74, 6) is 1.36. The summed E-state index contributed by atoms with van der Waals surface area (Å²) in [5, 5.41) is 0.821. The molecule has 2 aromatic carbocycles. The molecule has 0 bridgehead atoms. The van der Waals surface area contributed by atoms with Crippen LogP contribution in [0, 0.1) is 0 Å². The van der Waals surface area contributed by atoms with Crippen molar-refractivity contribution in [2.75, 3.05) is 7.11 Å². The molecule has 116 valence electrons. The summed E-state index contributed by atoms with van der Waals surface area (Å²) in [6.45, 7) is 1.55. The van der Waals surface area contributed by atoms with Crippen LogP contribution < -0.4 is 4.74 Å². The van der Waals surface area contributed by atoms with Crippen LogP contribution >= 0.6 is 15.9 Å². The highest BCUT2D eigenvalue weighted by Gasteiger charge is 2.16. The first kappa shape index (κ1) is 15.6. The maximum absolute atomic E-state index is 12.0. The van der Waals surface area contributed by atoms with Crippen LogP contribution in [0.4, 0.5) is 0 Å². The van der Waals surface area contributed by atoms with Gasteiger partial charge >= 0.3 is 0 Å². The van der Waals surface area contributed by atoms with E-state index in [1.54, 1.807) is 14.0 Å². The monoisotopic (exact) mass is 370 g/mol. The number of halogens is 1. The van der Waals surface area contributed by atoms with Crippen LogP contribution in [0.2, 0.25) is 0 Å². The standard InChI is InChI=1S/C19H15BrO3/c1-12(21)19-16-11-14(20)6-10-17(16)23-18(19)9-5-13-3-7-15(22-2)8-4-13/h3-11H,1-2H3/b9-5+. The molecule has 0 radical (unpaired) electrons. The molecule has 0 fully saturated rings. The quantitative estimate of drug-likeness (QED) is 0.563. The van der Waals surface area contributed by atoms with Crippen LogP contribution in [0.3, 0.4) is 0 Å². The third-order valence-electron chi connectivity index (χ3n) is 3.57. The Bertz CT molecular complexity index is 889. The first-order valence-electron chi connectivity index (χ1n) is 7.13. The summed E-state index contributed by atoms with van der Waals surface area (Å²) in [4.78, 5) is 12.0. The summed E-state index contributed by atoms with van der Waals surface area (Å²) in [6.07, 6.45) is 3.74. The third kappa shape index (κ3) is 3.22. The van der Waals surface area contributed by atoms with Crippen molar-refractivity contribution in [2.24, 2.45) is 0 Å². The second-order valence-electron chi connectivity index (χ2n) is 5.14. The van der Waals surface area contributed by atoms with Gasteiger partial charge in [0.2, 0.25) is 0 Å². The number of carbonyl (C=O) groups excluding carboxylic acids is 1. The van der Waals surface area contributed by atoms with Gasteiger partial charge in [-0.3, -0.25) is 4.79 Å². The van der Waals surface area contributed by atoms with Gasteiger partial charge in [-0.1, -0.05) is 34.1 Å².